The maximum atomic E-state index is 3.56. The Bertz CT molecular complexity index is 299. The number of thiophene rings is 1. The second kappa shape index (κ2) is 5.99. The van der Waals surface area contributed by atoms with Crippen LogP contribution in [0.3, 0.4) is 0 Å². The quantitative estimate of drug-likeness (QED) is 0.896. The Hall–Kier alpha value is 0.100. The molecule has 2 nitrogen and oxygen atoms in total. The van der Waals surface area contributed by atoms with Crippen LogP contribution in [0.15, 0.2) is 15.9 Å². The Kier molecular flexibility index (Phi) is 5.26. The summed E-state index contributed by atoms with van der Waals surface area (Å²) in [4.78, 5) is 3.60. The first-order chi connectivity index (χ1) is 7.02. The van der Waals surface area contributed by atoms with E-state index in [4.69, 9.17) is 0 Å². The van der Waals surface area contributed by atoms with Gasteiger partial charge in [-0.15, -0.1) is 11.3 Å². The Morgan fingerprint density at radius 3 is 2.60 bits per heavy atom. The number of hydrogen-bond donors (Lipinski definition) is 1. The first-order valence-electron chi connectivity index (χ1n) is 5.15. The number of likely N-dealkylation sites (N-methyl/N-ethyl adjacent to an activating group) is 1. The topological polar surface area (TPSA) is 15.3 Å². The van der Waals surface area contributed by atoms with Gasteiger partial charge in [0.15, 0.2) is 0 Å². The lowest BCUT2D eigenvalue weighted by atomic mass is 10.2. The molecule has 1 rings (SSSR count). The molecule has 1 N–H and O–H groups in total. The van der Waals surface area contributed by atoms with Crippen molar-refractivity contribution in [1.82, 2.24) is 10.2 Å². The standard InChI is InChI=1S/C11H19BrN2S/c1-8(14(3)4)7-13-9(2)11-10(12)5-6-15-11/h5-6,8-9,13H,7H2,1-4H3. The molecule has 0 fully saturated rings. The smallest absolute Gasteiger partial charge is 0.0398 e. The molecule has 0 amide bonds. The van der Waals surface area contributed by atoms with Crippen molar-refractivity contribution < 1.29 is 0 Å². The average Bonchev–Trinajstić information content (AvgIpc) is 2.60. The normalized spacial score (nSPS) is 15.6. The Morgan fingerprint density at radius 2 is 2.13 bits per heavy atom. The predicted octanol–water partition coefficient (Wildman–Crippen LogP) is 3.11. The summed E-state index contributed by atoms with van der Waals surface area (Å²) < 4.78 is 1.21. The highest BCUT2D eigenvalue weighted by molar-refractivity contribution is 9.10. The first kappa shape index (κ1) is 13.2. The van der Waals surface area contributed by atoms with Crippen molar-refractivity contribution in [1.29, 1.82) is 0 Å². The van der Waals surface area contributed by atoms with Gasteiger partial charge in [-0.3, -0.25) is 0 Å². The van der Waals surface area contributed by atoms with E-state index in [2.05, 4.69) is 65.5 Å². The molecule has 86 valence electrons. The van der Waals surface area contributed by atoms with Crippen molar-refractivity contribution in [3.05, 3.63) is 20.8 Å². The van der Waals surface area contributed by atoms with E-state index in [-0.39, 0.29) is 0 Å². The van der Waals surface area contributed by atoms with Crippen molar-refractivity contribution >= 4 is 27.3 Å². The minimum atomic E-state index is 0.418. The first-order valence-corrected chi connectivity index (χ1v) is 6.82. The van der Waals surface area contributed by atoms with Crippen LogP contribution in [-0.4, -0.2) is 31.6 Å². The number of hydrogen-bond acceptors (Lipinski definition) is 3. The van der Waals surface area contributed by atoms with Gasteiger partial charge >= 0.3 is 0 Å². The van der Waals surface area contributed by atoms with Crippen molar-refractivity contribution in [2.24, 2.45) is 0 Å². The van der Waals surface area contributed by atoms with E-state index in [9.17, 15) is 0 Å². The lowest BCUT2D eigenvalue weighted by Crippen LogP contribution is -2.36. The van der Waals surface area contributed by atoms with Crippen LogP contribution in [0.4, 0.5) is 0 Å². The molecule has 1 aromatic rings. The van der Waals surface area contributed by atoms with Crippen LogP contribution < -0.4 is 5.32 Å². The molecule has 0 saturated carbocycles. The molecule has 0 aliphatic rings. The van der Waals surface area contributed by atoms with Gasteiger partial charge in [-0.1, -0.05) is 0 Å². The van der Waals surface area contributed by atoms with Gasteiger partial charge in [0.2, 0.25) is 0 Å². The molecular weight excluding hydrogens is 272 g/mol. The summed E-state index contributed by atoms with van der Waals surface area (Å²) in [5.74, 6) is 0. The van der Waals surface area contributed by atoms with Crippen molar-refractivity contribution in [2.45, 2.75) is 25.9 Å². The zero-order valence-electron chi connectivity index (χ0n) is 9.75. The SMILES string of the molecule is CC(NCC(C)N(C)C)c1sccc1Br. The minimum Gasteiger partial charge on any atom is -0.308 e. The largest absolute Gasteiger partial charge is 0.308 e. The third-order valence-corrected chi connectivity index (χ3v) is 4.69. The van der Waals surface area contributed by atoms with Gasteiger partial charge in [-0.05, 0) is 55.3 Å². The molecule has 15 heavy (non-hydrogen) atoms. The van der Waals surface area contributed by atoms with E-state index in [0.717, 1.165) is 6.54 Å². The van der Waals surface area contributed by atoms with Gasteiger partial charge in [-0.25, -0.2) is 0 Å². The summed E-state index contributed by atoms with van der Waals surface area (Å²) in [7, 11) is 4.22. The van der Waals surface area contributed by atoms with Gasteiger partial charge in [0, 0.05) is 28.0 Å². The molecule has 1 aromatic heterocycles. The van der Waals surface area contributed by atoms with Crippen molar-refractivity contribution in [3.8, 4) is 0 Å². The monoisotopic (exact) mass is 290 g/mol. The van der Waals surface area contributed by atoms with E-state index in [1.54, 1.807) is 11.3 Å². The van der Waals surface area contributed by atoms with E-state index in [1.165, 1.54) is 9.35 Å². The molecule has 0 bridgehead atoms. The van der Waals surface area contributed by atoms with E-state index in [0.29, 0.717) is 12.1 Å². The lowest BCUT2D eigenvalue weighted by molar-refractivity contribution is 0.296. The van der Waals surface area contributed by atoms with E-state index >= 15 is 0 Å². The summed E-state index contributed by atoms with van der Waals surface area (Å²) in [6.07, 6.45) is 0. The van der Waals surface area contributed by atoms with Gasteiger partial charge in [0.1, 0.15) is 0 Å². The Morgan fingerprint density at radius 1 is 1.47 bits per heavy atom. The molecule has 4 heteroatoms. The average molecular weight is 291 g/mol. The molecule has 2 atom stereocenters. The molecule has 0 aliphatic carbocycles. The lowest BCUT2D eigenvalue weighted by Gasteiger charge is -2.22. The second-order valence-electron chi connectivity index (χ2n) is 4.08. The van der Waals surface area contributed by atoms with Crippen LogP contribution in [0, 0.1) is 0 Å². The van der Waals surface area contributed by atoms with Crippen LogP contribution >= 0.6 is 27.3 Å². The molecule has 1 heterocycles. The number of nitrogens with one attached hydrogen (secondary N) is 1. The molecular formula is C11H19BrN2S. The van der Waals surface area contributed by atoms with Gasteiger partial charge < -0.3 is 10.2 Å². The molecule has 2 unspecified atom stereocenters. The second-order valence-corrected chi connectivity index (χ2v) is 5.88. The zero-order chi connectivity index (χ0) is 11.4. The highest BCUT2D eigenvalue weighted by atomic mass is 79.9. The summed E-state index contributed by atoms with van der Waals surface area (Å²) in [6, 6.07) is 3.08. The Labute approximate surface area is 105 Å². The Balaban J connectivity index is 2.43. The van der Waals surface area contributed by atoms with Gasteiger partial charge in [-0.2, -0.15) is 0 Å². The number of nitrogens with zero attached hydrogens (tertiary/aromatic N) is 1. The minimum absolute atomic E-state index is 0.418. The fourth-order valence-corrected chi connectivity index (χ4v) is 2.99. The molecule has 0 spiro atoms. The molecule has 0 aromatic carbocycles. The van der Waals surface area contributed by atoms with Crippen LogP contribution in [0.25, 0.3) is 0 Å². The van der Waals surface area contributed by atoms with Crippen molar-refractivity contribution in [2.75, 3.05) is 20.6 Å². The summed E-state index contributed by atoms with van der Waals surface area (Å²) in [6.45, 7) is 5.45. The summed E-state index contributed by atoms with van der Waals surface area (Å²) >= 11 is 5.36. The zero-order valence-corrected chi connectivity index (χ0v) is 12.2. The third-order valence-electron chi connectivity index (χ3n) is 2.64. The summed E-state index contributed by atoms with van der Waals surface area (Å²) in [5, 5.41) is 5.66. The fraction of sp³-hybridized carbons (Fsp3) is 0.636. The highest BCUT2D eigenvalue weighted by Crippen LogP contribution is 2.28. The summed E-state index contributed by atoms with van der Waals surface area (Å²) in [5.41, 5.74) is 0. The van der Waals surface area contributed by atoms with E-state index < -0.39 is 0 Å². The number of halogens is 1. The van der Waals surface area contributed by atoms with Gasteiger partial charge in [0.25, 0.3) is 0 Å². The maximum Gasteiger partial charge on any atom is 0.0398 e. The van der Waals surface area contributed by atoms with Crippen molar-refractivity contribution in [3.63, 3.8) is 0 Å². The highest BCUT2D eigenvalue weighted by Gasteiger charge is 2.12. The van der Waals surface area contributed by atoms with Crippen LogP contribution in [0.1, 0.15) is 24.8 Å². The predicted molar refractivity (Wildman–Crippen MR) is 71.6 cm³/mol. The van der Waals surface area contributed by atoms with E-state index in [1.807, 2.05) is 0 Å². The number of rotatable bonds is 5. The van der Waals surface area contributed by atoms with Gasteiger partial charge in [0.05, 0.1) is 0 Å². The third kappa shape index (κ3) is 3.87. The van der Waals surface area contributed by atoms with Crippen LogP contribution in [0.2, 0.25) is 0 Å². The fourth-order valence-electron chi connectivity index (χ4n) is 1.24. The molecule has 0 radical (unpaired) electrons. The van der Waals surface area contributed by atoms with Crippen LogP contribution in [-0.2, 0) is 0 Å². The van der Waals surface area contributed by atoms with Crippen LogP contribution in [0.5, 0.6) is 0 Å². The molecule has 0 saturated heterocycles. The molecule has 0 aliphatic heterocycles. The maximum absolute atomic E-state index is 3.56.